The summed E-state index contributed by atoms with van der Waals surface area (Å²) in [5, 5.41) is 2.89. The fourth-order valence-corrected chi connectivity index (χ4v) is 1.40. The van der Waals surface area contributed by atoms with Crippen molar-refractivity contribution in [2.24, 2.45) is 5.73 Å². The largest absolute Gasteiger partial charge is 0.380 e. The molecule has 1 aromatic carbocycles. The third kappa shape index (κ3) is 4.17. The summed E-state index contributed by atoms with van der Waals surface area (Å²) in [6, 6.07) is 7.37. The molecular weight excluding hydrogens is 216 g/mol. The summed E-state index contributed by atoms with van der Waals surface area (Å²) < 4.78 is 5.03. The highest BCUT2D eigenvalue weighted by Gasteiger charge is 2.19. The van der Waals surface area contributed by atoms with E-state index in [4.69, 9.17) is 10.5 Å². The zero-order chi connectivity index (χ0) is 12.9. The van der Waals surface area contributed by atoms with Crippen LogP contribution >= 0.6 is 0 Å². The monoisotopic (exact) mass is 236 g/mol. The Labute approximate surface area is 102 Å². The Kier molecular flexibility index (Phi) is 4.66. The van der Waals surface area contributed by atoms with Gasteiger partial charge < -0.3 is 15.8 Å². The van der Waals surface area contributed by atoms with Crippen LogP contribution in [0.15, 0.2) is 24.3 Å². The molecule has 1 aromatic rings. The predicted octanol–water partition coefficient (Wildman–Crippen LogP) is 1.30. The molecule has 1 amide bonds. The Hall–Kier alpha value is -1.39. The molecule has 3 N–H and O–H groups in total. The molecule has 0 bridgehead atoms. The average Bonchev–Trinajstić information content (AvgIpc) is 2.29. The van der Waals surface area contributed by atoms with Gasteiger partial charge in [0.2, 0.25) is 0 Å². The number of rotatable bonds is 5. The van der Waals surface area contributed by atoms with E-state index in [1.807, 2.05) is 32.0 Å². The fraction of sp³-hybridized carbons (Fsp3) is 0.462. The maximum atomic E-state index is 12.0. The second-order valence-corrected chi connectivity index (χ2v) is 4.68. The Morgan fingerprint density at radius 1 is 1.47 bits per heavy atom. The minimum atomic E-state index is -0.394. The smallest absolute Gasteiger partial charge is 0.251 e. The normalized spacial score (nSPS) is 11.3. The van der Waals surface area contributed by atoms with Crippen LogP contribution in [0.3, 0.4) is 0 Å². The maximum Gasteiger partial charge on any atom is 0.251 e. The Balaban J connectivity index is 2.78. The van der Waals surface area contributed by atoms with Gasteiger partial charge in [0.25, 0.3) is 5.91 Å². The minimum absolute atomic E-state index is 0.113. The van der Waals surface area contributed by atoms with Gasteiger partial charge >= 0.3 is 0 Å². The lowest BCUT2D eigenvalue weighted by Crippen LogP contribution is -2.48. The van der Waals surface area contributed by atoms with Gasteiger partial charge in [-0.1, -0.05) is 12.1 Å². The topological polar surface area (TPSA) is 64.3 Å². The Morgan fingerprint density at radius 3 is 2.76 bits per heavy atom. The molecular formula is C13H20N2O2. The number of ether oxygens (including phenoxy) is 1. The van der Waals surface area contributed by atoms with E-state index in [2.05, 4.69) is 5.32 Å². The van der Waals surface area contributed by atoms with Crippen LogP contribution in [0, 0.1) is 0 Å². The first-order valence-corrected chi connectivity index (χ1v) is 5.59. The third-order valence-electron chi connectivity index (χ3n) is 2.46. The molecule has 0 aliphatic rings. The van der Waals surface area contributed by atoms with Crippen molar-refractivity contribution in [3.8, 4) is 0 Å². The van der Waals surface area contributed by atoms with Gasteiger partial charge in [0, 0.05) is 24.8 Å². The molecule has 0 radical (unpaired) electrons. The third-order valence-corrected chi connectivity index (χ3v) is 2.46. The Morgan fingerprint density at radius 2 is 2.18 bits per heavy atom. The van der Waals surface area contributed by atoms with Crippen LogP contribution in [0.1, 0.15) is 29.8 Å². The zero-order valence-electron chi connectivity index (χ0n) is 10.6. The number of methoxy groups -OCH3 is 1. The number of nitrogens with one attached hydrogen (secondary N) is 1. The molecule has 0 fully saturated rings. The first kappa shape index (κ1) is 13.7. The van der Waals surface area contributed by atoms with Crippen molar-refractivity contribution in [1.82, 2.24) is 5.32 Å². The van der Waals surface area contributed by atoms with Crippen LogP contribution in [0.25, 0.3) is 0 Å². The van der Waals surface area contributed by atoms with Crippen LogP contribution < -0.4 is 11.1 Å². The highest BCUT2D eigenvalue weighted by molar-refractivity contribution is 5.94. The van der Waals surface area contributed by atoms with Crippen molar-refractivity contribution < 1.29 is 9.53 Å². The van der Waals surface area contributed by atoms with E-state index in [9.17, 15) is 4.79 Å². The summed E-state index contributed by atoms with van der Waals surface area (Å²) in [7, 11) is 1.63. The van der Waals surface area contributed by atoms with Crippen molar-refractivity contribution in [3.05, 3.63) is 35.4 Å². The molecule has 0 aromatic heterocycles. The van der Waals surface area contributed by atoms with Crippen molar-refractivity contribution in [2.75, 3.05) is 13.7 Å². The van der Waals surface area contributed by atoms with Gasteiger partial charge in [-0.3, -0.25) is 4.79 Å². The predicted molar refractivity (Wildman–Crippen MR) is 67.8 cm³/mol. The lowest BCUT2D eigenvalue weighted by molar-refractivity contribution is 0.0915. The molecule has 0 unspecified atom stereocenters. The summed E-state index contributed by atoms with van der Waals surface area (Å²) in [5.41, 5.74) is 6.78. The van der Waals surface area contributed by atoms with Crippen LogP contribution in [-0.2, 0) is 11.3 Å². The van der Waals surface area contributed by atoms with Gasteiger partial charge in [-0.05, 0) is 31.5 Å². The van der Waals surface area contributed by atoms with E-state index in [0.29, 0.717) is 18.7 Å². The summed E-state index contributed by atoms with van der Waals surface area (Å²) in [6.45, 7) is 4.69. The molecule has 4 heteroatoms. The van der Waals surface area contributed by atoms with E-state index < -0.39 is 5.54 Å². The molecule has 0 aliphatic carbocycles. The van der Waals surface area contributed by atoms with Gasteiger partial charge in [0.1, 0.15) is 0 Å². The first-order chi connectivity index (χ1) is 7.98. The van der Waals surface area contributed by atoms with E-state index in [-0.39, 0.29) is 5.91 Å². The number of carbonyl (C=O) groups excluding carboxylic acids is 1. The summed E-state index contributed by atoms with van der Waals surface area (Å²) in [6.07, 6.45) is 0. The number of hydrogen-bond acceptors (Lipinski definition) is 3. The van der Waals surface area contributed by atoms with E-state index in [1.165, 1.54) is 0 Å². The van der Waals surface area contributed by atoms with Crippen LogP contribution in [-0.4, -0.2) is 25.1 Å². The standard InChI is InChI=1S/C13H20N2O2/c1-13(2,9-14)15-12(16)11-6-4-5-10(7-11)8-17-3/h4-7H,8-9,14H2,1-3H3,(H,15,16). The molecule has 0 heterocycles. The van der Waals surface area contributed by atoms with Gasteiger partial charge in [0.15, 0.2) is 0 Å². The molecule has 94 valence electrons. The molecule has 4 nitrogen and oxygen atoms in total. The van der Waals surface area contributed by atoms with Crippen LogP contribution in [0.2, 0.25) is 0 Å². The average molecular weight is 236 g/mol. The van der Waals surface area contributed by atoms with Crippen molar-refractivity contribution in [2.45, 2.75) is 26.0 Å². The van der Waals surface area contributed by atoms with Gasteiger partial charge in [-0.25, -0.2) is 0 Å². The van der Waals surface area contributed by atoms with E-state index >= 15 is 0 Å². The highest BCUT2D eigenvalue weighted by atomic mass is 16.5. The number of nitrogens with two attached hydrogens (primary N) is 1. The molecule has 17 heavy (non-hydrogen) atoms. The molecule has 0 spiro atoms. The maximum absolute atomic E-state index is 12.0. The number of amides is 1. The Bertz CT molecular complexity index is 389. The number of carbonyl (C=O) groups is 1. The van der Waals surface area contributed by atoms with Gasteiger partial charge in [-0.2, -0.15) is 0 Å². The fourth-order valence-electron chi connectivity index (χ4n) is 1.40. The van der Waals surface area contributed by atoms with Crippen LogP contribution in [0.4, 0.5) is 0 Å². The molecule has 0 atom stereocenters. The molecule has 0 aliphatic heterocycles. The summed E-state index contributed by atoms with van der Waals surface area (Å²) in [4.78, 5) is 12.0. The molecule has 0 saturated carbocycles. The molecule has 1 rings (SSSR count). The van der Waals surface area contributed by atoms with E-state index in [0.717, 1.165) is 5.56 Å². The summed E-state index contributed by atoms with van der Waals surface area (Å²) in [5.74, 6) is -0.113. The zero-order valence-corrected chi connectivity index (χ0v) is 10.6. The van der Waals surface area contributed by atoms with Gasteiger partial charge in [-0.15, -0.1) is 0 Å². The van der Waals surface area contributed by atoms with Crippen molar-refractivity contribution >= 4 is 5.91 Å². The van der Waals surface area contributed by atoms with Crippen molar-refractivity contribution in [3.63, 3.8) is 0 Å². The first-order valence-electron chi connectivity index (χ1n) is 5.59. The lowest BCUT2D eigenvalue weighted by atomic mass is 10.0. The highest BCUT2D eigenvalue weighted by Crippen LogP contribution is 2.08. The van der Waals surface area contributed by atoms with E-state index in [1.54, 1.807) is 13.2 Å². The molecule has 0 saturated heterocycles. The summed E-state index contributed by atoms with van der Waals surface area (Å²) >= 11 is 0. The second-order valence-electron chi connectivity index (χ2n) is 4.68. The minimum Gasteiger partial charge on any atom is -0.380 e. The van der Waals surface area contributed by atoms with Crippen LogP contribution in [0.5, 0.6) is 0 Å². The number of hydrogen-bond donors (Lipinski definition) is 2. The SMILES string of the molecule is COCc1cccc(C(=O)NC(C)(C)CN)c1. The van der Waals surface area contributed by atoms with Crippen molar-refractivity contribution in [1.29, 1.82) is 0 Å². The lowest BCUT2D eigenvalue weighted by Gasteiger charge is -2.24. The number of benzene rings is 1. The van der Waals surface area contributed by atoms with Gasteiger partial charge in [0.05, 0.1) is 6.61 Å². The quantitative estimate of drug-likeness (QED) is 0.810. The second kappa shape index (κ2) is 5.80.